The number of thiophene rings is 1. The van der Waals surface area contributed by atoms with Gasteiger partial charge < -0.3 is 5.32 Å². The average Bonchev–Trinajstić information content (AvgIpc) is 2.96. The maximum absolute atomic E-state index is 4.54. The summed E-state index contributed by atoms with van der Waals surface area (Å²) >= 11 is 3.49. The molecule has 4 heteroatoms. The maximum atomic E-state index is 4.54. The van der Waals surface area contributed by atoms with Crippen molar-refractivity contribution in [3.8, 4) is 0 Å². The van der Waals surface area contributed by atoms with Crippen molar-refractivity contribution in [2.75, 3.05) is 0 Å². The minimum absolute atomic E-state index is 0.401. The van der Waals surface area contributed by atoms with E-state index in [-0.39, 0.29) is 0 Å². The minimum Gasteiger partial charge on any atom is -0.305 e. The van der Waals surface area contributed by atoms with Crippen LogP contribution in [0.2, 0.25) is 0 Å². The van der Waals surface area contributed by atoms with E-state index in [0.29, 0.717) is 6.04 Å². The lowest BCUT2D eigenvalue weighted by Gasteiger charge is -2.10. The number of aromatic nitrogens is 1. The molecule has 0 bridgehead atoms. The SMILES string of the molecule is CCc1nc(CNC(C)c2ccsc2)cs1. The van der Waals surface area contributed by atoms with E-state index in [1.807, 2.05) is 0 Å². The van der Waals surface area contributed by atoms with Gasteiger partial charge in [-0.3, -0.25) is 0 Å². The van der Waals surface area contributed by atoms with Crippen molar-refractivity contribution in [1.29, 1.82) is 0 Å². The standard InChI is InChI=1S/C12H16N2S2/c1-3-12-14-11(8-16-12)6-13-9(2)10-4-5-15-7-10/h4-5,7-9,13H,3,6H2,1-2H3. The molecule has 0 fully saturated rings. The molecule has 16 heavy (non-hydrogen) atoms. The van der Waals surface area contributed by atoms with Gasteiger partial charge in [-0.2, -0.15) is 11.3 Å². The number of nitrogens with zero attached hydrogens (tertiary/aromatic N) is 1. The summed E-state index contributed by atoms with van der Waals surface area (Å²) in [6, 6.07) is 2.57. The Morgan fingerprint density at radius 1 is 1.44 bits per heavy atom. The maximum Gasteiger partial charge on any atom is 0.0926 e. The van der Waals surface area contributed by atoms with E-state index in [0.717, 1.165) is 18.7 Å². The van der Waals surface area contributed by atoms with E-state index < -0.39 is 0 Å². The number of nitrogens with one attached hydrogen (secondary N) is 1. The summed E-state index contributed by atoms with van der Waals surface area (Å²) in [7, 11) is 0. The molecule has 2 heterocycles. The van der Waals surface area contributed by atoms with Gasteiger partial charge in [0.15, 0.2) is 0 Å². The van der Waals surface area contributed by atoms with Crippen LogP contribution in [0, 0.1) is 0 Å². The lowest BCUT2D eigenvalue weighted by Crippen LogP contribution is -2.17. The van der Waals surface area contributed by atoms with Crippen molar-refractivity contribution in [3.63, 3.8) is 0 Å². The van der Waals surface area contributed by atoms with E-state index >= 15 is 0 Å². The number of aryl methyl sites for hydroxylation is 1. The van der Waals surface area contributed by atoms with Crippen LogP contribution in [0.5, 0.6) is 0 Å². The second-order valence-electron chi connectivity index (χ2n) is 3.75. The Hall–Kier alpha value is -0.710. The summed E-state index contributed by atoms with van der Waals surface area (Å²) in [5.74, 6) is 0. The minimum atomic E-state index is 0.401. The van der Waals surface area contributed by atoms with Crippen molar-refractivity contribution < 1.29 is 0 Å². The van der Waals surface area contributed by atoms with Gasteiger partial charge in [0.25, 0.3) is 0 Å². The molecule has 0 spiro atoms. The summed E-state index contributed by atoms with van der Waals surface area (Å²) in [4.78, 5) is 4.54. The first-order valence-electron chi connectivity index (χ1n) is 5.48. The number of hydrogen-bond donors (Lipinski definition) is 1. The van der Waals surface area contributed by atoms with Crippen LogP contribution in [0.3, 0.4) is 0 Å². The van der Waals surface area contributed by atoms with Gasteiger partial charge in [-0.15, -0.1) is 11.3 Å². The number of rotatable bonds is 5. The highest BCUT2D eigenvalue weighted by molar-refractivity contribution is 7.09. The molecule has 0 aliphatic rings. The van der Waals surface area contributed by atoms with Gasteiger partial charge in [-0.1, -0.05) is 6.92 Å². The van der Waals surface area contributed by atoms with Crippen molar-refractivity contribution >= 4 is 22.7 Å². The van der Waals surface area contributed by atoms with E-state index in [1.165, 1.54) is 10.6 Å². The molecule has 2 nitrogen and oxygen atoms in total. The molecular weight excluding hydrogens is 236 g/mol. The third kappa shape index (κ3) is 2.90. The fraction of sp³-hybridized carbons (Fsp3) is 0.417. The molecule has 2 aromatic rings. The molecule has 1 unspecified atom stereocenters. The molecule has 2 aromatic heterocycles. The predicted octanol–water partition coefficient (Wildman–Crippen LogP) is 3.62. The fourth-order valence-electron chi connectivity index (χ4n) is 1.49. The summed E-state index contributed by atoms with van der Waals surface area (Å²) in [6.45, 7) is 5.19. The van der Waals surface area contributed by atoms with Crippen LogP contribution in [0.1, 0.15) is 36.2 Å². The van der Waals surface area contributed by atoms with Gasteiger partial charge >= 0.3 is 0 Å². The molecule has 0 aromatic carbocycles. The third-order valence-corrected chi connectivity index (χ3v) is 4.28. The summed E-state index contributed by atoms with van der Waals surface area (Å²) < 4.78 is 0. The van der Waals surface area contributed by atoms with Crippen LogP contribution in [-0.4, -0.2) is 4.98 Å². The van der Waals surface area contributed by atoms with Gasteiger partial charge in [0.2, 0.25) is 0 Å². The first-order chi connectivity index (χ1) is 7.79. The molecule has 1 atom stereocenters. The molecule has 0 saturated carbocycles. The lowest BCUT2D eigenvalue weighted by atomic mass is 10.2. The van der Waals surface area contributed by atoms with Crippen LogP contribution in [-0.2, 0) is 13.0 Å². The zero-order valence-electron chi connectivity index (χ0n) is 9.56. The van der Waals surface area contributed by atoms with Crippen molar-refractivity contribution in [1.82, 2.24) is 10.3 Å². The fourth-order valence-corrected chi connectivity index (χ4v) is 2.99. The average molecular weight is 252 g/mol. The zero-order chi connectivity index (χ0) is 11.4. The highest BCUT2D eigenvalue weighted by Crippen LogP contribution is 2.16. The van der Waals surface area contributed by atoms with Crippen molar-refractivity contribution in [2.24, 2.45) is 0 Å². The van der Waals surface area contributed by atoms with E-state index in [1.54, 1.807) is 22.7 Å². The molecule has 0 aliphatic heterocycles. The second kappa shape index (κ2) is 5.57. The van der Waals surface area contributed by atoms with Crippen LogP contribution >= 0.6 is 22.7 Å². The van der Waals surface area contributed by atoms with Crippen LogP contribution in [0.4, 0.5) is 0 Å². The molecule has 1 N–H and O–H groups in total. The molecule has 0 radical (unpaired) electrons. The molecule has 0 amide bonds. The Morgan fingerprint density at radius 2 is 2.31 bits per heavy atom. The van der Waals surface area contributed by atoms with E-state index in [4.69, 9.17) is 0 Å². The highest BCUT2D eigenvalue weighted by Gasteiger charge is 2.06. The van der Waals surface area contributed by atoms with Crippen LogP contribution in [0.25, 0.3) is 0 Å². The molecular formula is C12H16N2S2. The summed E-state index contributed by atoms with van der Waals surface area (Å²) in [5.41, 5.74) is 2.51. The smallest absolute Gasteiger partial charge is 0.0926 e. The van der Waals surface area contributed by atoms with Gasteiger partial charge in [-0.25, -0.2) is 4.98 Å². The van der Waals surface area contributed by atoms with Gasteiger partial charge in [0.1, 0.15) is 0 Å². The number of thiazole rings is 1. The Morgan fingerprint density at radius 3 is 2.94 bits per heavy atom. The van der Waals surface area contributed by atoms with E-state index in [9.17, 15) is 0 Å². The van der Waals surface area contributed by atoms with Gasteiger partial charge in [0, 0.05) is 18.0 Å². The second-order valence-corrected chi connectivity index (χ2v) is 5.47. The molecule has 2 rings (SSSR count). The van der Waals surface area contributed by atoms with E-state index in [2.05, 4.69) is 46.4 Å². The van der Waals surface area contributed by atoms with Crippen molar-refractivity contribution in [2.45, 2.75) is 32.9 Å². The topological polar surface area (TPSA) is 24.9 Å². The molecule has 86 valence electrons. The Labute approximate surface area is 104 Å². The quantitative estimate of drug-likeness (QED) is 0.879. The zero-order valence-corrected chi connectivity index (χ0v) is 11.2. The largest absolute Gasteiger partial charge is 0.305 e. The van der Waals surface area contributed by atoms with Gasteiger partial charge in [0.05, 0.1) is 10.7 Å². The Balaban J connectivity index is 1.87. The van der Waals surface area contributed by atoms with Gasteiger partial charge in [-0.05, 0) is 35.7 Å². The first kappa shape index (κ1) is 11.8. The first-order valence-corrected chi connectivity index (χ1v) is 7.30. The highest BCUT2D eigenvalue weighted by atomic mass is 32.1. The predicted molar refractivity (Wildman–Crippen MR) is 71.1 cm³/mol. The summed E-state index contributed by atoms with van der Waals surface area (Å²) in [6.07, 6.45) is 1.03. The Bertz CT molecular complexity index is 420. The van der Waals surface area contributed by atoms with Crippen LogP contribution < -0.4 is 5.32 Å². The van der Waals surface area contributed by atoms with Crippen LogP contribution in [0.15, 0.2) is 22.2 Å². The normalized spacial score (nSPS) is 12.9. The molecule has 0 aliphatic carbocycles. The lowest BCUT2D eigenvalue weighted by molar-refractivity contribution is 0.570. The number of hydrogen-bond acceptors (Lipinski definition) is 4. The third-order valence-electron chi connectivity index (χ3n) is 2.53. The Kier molecular flexibility index (Phi) is 4.09. The van der Waals surface area contributed by atoms with Crippen molar-refractivity contribution in [3.05, 3.63) is 38.5 Å². The molecule has 0 saturated heterocycles. The summed E-state index contributed by atoms with van der Waals surface area (Å²) in [5, 5.41) is 11.2. The monoisotopic (exact) mass is 252 g/mol.